The lowest BCUT2D eigenvalue weighted by Crippen LogP contribution is -2.49. The lowest BCUT2D eigenvalue weighted by Gasteiger charge is -2.30. The molecular formula is C23H19ClN4O3. The SMILES string of the molecule is C=C1CCC(N2Cc3cc(Cn4cnc5ccc(Cl)cc5c4=O)ccc3C2=O)C(=O)N1. The van der Waals surface area contributed by atoms with E-state index >= 15 is 0 Å². The van der Waals surface area contributed by atoms with Gasteiger partial charge in [-0.1, -0.05) is 30.3 Å². The minimum absolute atomic E-state index is 0.145. The maximum atomic E-state index is 12.9. The summed E-state index contributed by atoms with van der Waals surface area (Å²) in [5.41, 5.74) is 3.42. The molecule has 0 saturated carbocycles. The molecule has 1 atom stereocenters. The van der Waals surface area contributed by atoms with Crippen LogP contribution in [0.5, 0.6) is 0 Å². The molecule has 2 amide bonds. The van der Waals surface area contributed by atoms with Crippen molar-refractivity contribution in [1.82, 2.24) is 19.8 Å². The molecule has 1 unspecified atom stereocenters. The Morgan fingerprint density at radius 3 is 2.81 bits per heavy atom. The number of carbonyl (C=O) groups excluding carboxylic acids is 2. The van der Waals surface area contributed by atoms with Crippen molar-refractivity contribution in [2.45, 2.75) is 32.0 Å². The Balaban J connectivity index is 1.42. The van der Waals surface area contributed by atoms with Crippen LogP contribution in [0.1, 0.15) is 34.3 Å². The number of carbonyl (C=O) groups is 2. The van der Waals surface area contributed by atoms with Gasteiger partial charge in [0, 0.05) is 22.8 Å². The van der Waals surface area contributed by atoms with Gasteiger partial charge in [-0.3, -0.25) is 19.0 Å². The quantitative estimate of drug-likeness (QED) is 0.687. The number of fused-ring (bicyclic) bond motifs is 2. The van der Waals surface area contributed by atoms with Gasteiger partial charge in [-0.05, 0) is 48.2 Å². The summed E-state index contributed by atoms with van der Waals surface area (Å²) >= 11 is 6.03. The molecule has 1 aromatic heterocycles. The molecule has 1 saturated heterocycles. The van der Waals surface area contributed by atoms with Crippen LogP contribution in [0.2, 0.25) is 5.02 Å². The van der Waals surface area contributed by atoms with Crippen molar-refractivity contribution < 1.29 is 9.59 Å². The van der Waals surface area contributed by atoms with Crippen LogP contribution in [-0.4, -0.2) is 32.3 Å². The fourth-order valence-electron chi connectivity index (χ4n) is 4.25. The highest BCUT2D eigenvalue weighted by molar-refractivity contribution is 6.31. The molecule has 2 aliphatic rings. The normalized spacial score (nSPS) is 18.4. The van der Waals surface area contributed by atoms with Crippen molar-refractivity contribution in [3.8, 4) is 0 Å². The van der Waals surface area contributed by atoms with Gasteiger partial charge >= 0.3 is 0 Å². The summed E-state index contributed by atoms with van der Waals surface area (Å²) in [6.45, 7) is 4.48. The summed E-state index contributed by atoms with van der Waals surface area (Å²) in [4.78, 5) is 44.0. The molecule has 7 nitrogen and oxygen atoms in total. The number of nitrogens with zero attached hydrogens (tertiary/aromatic N) is 3. The maximum absolute atomic E-state index is 12.9. The lowest BCUT2D eigenvalue weighted by atomic mass is 10.0. The average molecular weight is 435 g/mol. The van der Waals surface area contributed by atoms with E-state index in [0.717, 1.165) is 11.1 Å². The fourth-order valence-corrected chi connectivity index (χ4v) is 4.42. The van der Waals surface area contributed by atoms with E-state index in [1.54, 1.807) is 29.2 Å². The summed E-state index contributed by atoms with van der Waals surface area (Å²) in [5.74, 6) is -0.335. The predicted molar refractivity (Wildman–Crippen MR) is 117 cm³/mol. The first-order valence-corrected chi connectivity index (χ1v) is 10.3. The van der Waals surface area contributed by atoms with Crippen molar-refractivity contribution in [3.05, 3.63) is 87.1 Å². The zero-order valence-electron chi connectivity index (χ0n) is 16.6. The number of aromatic nitrogens is 2. The molecule has 0 radical (unpaired) electrons. The fraction of sp³-hybridized carbons (Fsp3) is 0.217. The minimum atomic E-state index is -0.495. The summed E-state index contributed by atoms with van der Waals surface area (Å²) < 4.78 is 1.52. The molecule has 5 rings (SSSR count). The van der Waals surface area contributed by atoms with Gasteiger partial charge in [0.25, 0.3) is 11.5 Å². The van der Waals surface area contributed by atoms with E-state index in [2.05, 4.69) is 16.9 Å². The number of rotatable bonds is 3. The smallest absolute Gasteiger partial charge is 0.261 e. The first-order valence-electron chi connectivity index (χ1n) is 9.97. The van der Waals surface area contributed by atoms with Gasteiger partial charge in [-0.15, -0.1) is 0 Å². The first kappa shape index (κ1) is 19.5. The lowest BCUT2D eigenvalue weighted by molar-refractivity contribution is -0.126. The van der Waals surface area contributed by atoms with Crippen LogP contribution in [0.3, 0.4) is 0 Å². The summed E-state index contributed by atoms with van der Waals surface area (Å²) in [6, 6.07) is 10.1. The molecule has 1 fully saturated rings. The van der Waals surface area contributed by atoms with Crippen molar-refractivity contribution in [2.75, 3.05) is 0 Å². The third kappa shape index (κ3) is 3.41. The van der Waals surface area contributed by atoms with E-state index in [-0.39, 0.29) is 17.4 Å². The van der Waals surface area contributed by atoms with Crippen LogP contribution in [-0.2, 0) is 17.9 Å². The van der Waals surface area contributed by atoms with Gasteiger partial charge in [0.15, 0.2) is 0 Å². The minimum Gasteiger partial charge on any atom is -0.329 e. The largest absolute Gasteiger partial charge is 0.329 e. The number of nitrogens with one attached hydrogen (secondary N) is 1. The monoisotopic (exact) mass is 434 g/mol. The Morgan fingerprint density at radius 1 is 1.16 bits per heavy atom. The van der Waals surface area contributed by atoms with Crippen LogP contribution in [0, 0.1) is 0 Å². The zero-order chi connectivity index (χ0) is 21.7. The second kappa shape index (κ2) is 7.35. The average Bonchev–Trinajstić information content (AvgIpc) is 3.06. The molecular weight excluding hydrogens is 416 g/mol. The van der Waals surface area contributed by atoms with Crippen molar-refractivity contribution in [1.29, 1.82) is 0 Å². The van der Waals surface area contributed by atoms with Crippen LogP contribution >= 0.6 is 11.6 Å². The number of hydrogen-bond acceptors (Lipinski definition) is 4. The predicted octanol–water partition coefficient (Wildman–Crippen LogP) is 2.85. The highest BCUT2D eigenvalue weighted by Crippen LogP contribution is 2.29. The number of halogens is 1. The molecule has 2 aromatic carbocycles. The number of allylic oxidation sites excluding steroid dienone is 1. The van der Waals surface area contributed by atoms with E-state index in [4.69, 9.17) is 11.6 Å². The summed E-state index contributed by atoms with van der Waals surface area (Å²) in [5, 5.41) is 3.68. The van der Waals surface area contributed by atoms with E-state index in [1.165, 1.54) is 10.9 Å². The van der Waals surface area contributed by atoms with E-state index in [9.17, 15) is 14.4 Å². The number of benzene rings is 2. The van der Waals surface area contributed by atoms with E-state index < -0.39 is 6.04 Å². The van der Waals surface area contributed by atoms with E-state index in [0.29, 0.717) is 53.1 Å². The molecule has 156 valence electrons. The Morgan fingerprint density at radius 2 is 2.00 bits per heavy atom. The van der Waals surface area contributed by atoms with Gasteiger partial charge in [0.1, 0.15) is 6.04 Å². The highest BCUT2D eigenvalue weighted by atomic mass is 35.5. The van der Waals surface area contributed by atoms with Gasteiger partial charge in [0.2, 0.25) is 5.91 Å². The first-order chi connectivity index (χ1) is 14.9. The zero-order valence-corrected chi connectivity index (χ0v) is 17.4. The van der Waals surface area contributed by atoms with Crippen LogP contribution in [0.15, 0.2) is 59.8 Å². The standard InChI is InChI=1S/C23H19ClN4O3/c1-13-2-7-20(21(29)26-13)28-11-15-8-14(3-5-17(15)23(28)31)10-27-12-25-19-6-4-16(24)9-18(19)22(27)30/h3-6,8-9,12,20H,1-2,7,10-11H2,(H,26,29). The molecule has 0 bridgehead atoms. The number of amides is 2. The summed E-state index contributed by atoms with van der Waals surface area (Å²) in [6.07, 6.45) is 2.74. The highest BCUT2D eigenvalue weighted by Gasteiger charge is 2.38. The molecule has 3 aromatic rings. The molecule has 0 spiro atoms. The van der Waals surface area contributed by atoms with Crippen LogP contribution in [0.25, 0.3) is 10.9 Å². The maximum Gasteiger partial charge on any atom is 0.261 e. The number of hydrogen-bond donors (Lipinski definition) is 1. The van der Waals surface area contributed by atoms with Gasteiger partial charge in [-0.2, -0.15) is 0 Å². The van der Waals surface area contributed by atoms with Crippen LogP contribution in [0.4, 0.5) is 0 Å². The van der Waals surface area contributed by atoms with Crippen molar-refractivity contribution in [3.63, 3.8) is 0 Å². The molecule has 1 N–H and O–H groups in total. The molecule has 0 aliphatic carbocycles. The molecule has 31 heavy (non-hydrogen) atoms. The molecule has 3 heterocycles. The van der Waals surface area contributed by atoms with Gasteiger partial charge in [0.05, 0.1) is 23.8 Å². The third-order valence-electron chi connectivity index (χ3n) is 5.84. The topological polar surface area (TPSA) is 84.3 Å². The van der Waals surface area contributed by atoms with Gasteiger partial charge in [-0.25, -0.2) is 4.98 Å². The Kier molecular flexibility index (Phi) is 4.63. The molecule has 2 aliphatic heterocycles. The van der Waals surface area contributed by atoms with Gasteiger partial charge < -0.3 is 10.2 Å². The van der Waals surface area contributed by atoms with E-state index in [1.807, 2.05) is 12.1 Å². The van der Waals surface area contributed by atoms with Crippen molar-refractivity contribution in [2.24, 2.45) is 0 Å². The summed E-state index contributed by atoms with van der Waals surface area (Å²) in [7, 11) is 0. The van der Waals surface area contributed by atoms with Crippen LogP contribution < -0.4 is 10.9 Å². The molecule has 8 heteroatoms. The Bertz CT molecular complexity index is 1330. The third-order valence-corrected chi connectivity index (χ3v) is 6.07. The second-order valence-electron chi connectivity index (χ2n) is 7.91. The number of piperidine rings is 1. The Labute approximate surface area is 183 Å². The van der Waals surface area contributed by atoms with Crippen molar-refractivity contribution >= 4 is 34.3 Å². The second-order valence-corrected chi connectivity index (χ2v) is 8.35. The Hall–Kier alpha value is -3.45.